The highest BCUT2D eigenvalue weighted by Crippen LogP contribution is 2.30. The van der Waals surface area contributed by atoms with Crippen LogP contribution in [0.2, 0.25) is 0 Å². The van der Waals surface area contributed by atoms with Crippen LogP contribution in [-0.4, -0.2) is 28.3 Å². The Balaban J connectivity index is 1.84. The maximum absolute atomic E-state index is 13.1. The molecule has 1 heterocycles. The van der Waals surface area contributed by atoms with Gasteiger partial charge in [0.2, 0.25) is 0 Å². The van der Waals surface area contributed by atoms with Crippen LogP contribution < -0.4 is 10.9 Å². The number of carbonyl (C=O) groups excluding carboxylic acids is 2. The second-order valence-electron chi connectivity index (χ2n) is 6.85. The summed E-state index contributed by atoms with van der Waals surface area (Å²) in [4.78, 5) is 26.1. The molecule has 0 fully saturated rings. The molecule has 4 rings (SSSR count). The quantitative estimate of drug-likeness (QED) is 0.336. The smallest absolute Gasteiger partial charge is 0.342 e. The Hall–Kier alpha value is -4.39. The first-order valence-electron chi connectivity index (χ1n) is 10.2. The van der Waals surface area contributed by atoms with Crippen molar-refractivity contribution >= 4 is 17.6 Å². The molecule has 32 heavy (non-hydrogen) atoms. The molecule has 1 amide bonds. The van der Waals surface area contributed by atoms with Crippen LogP contribution in [0.25, 0.3) is 16.9 Å². The molecular formula is C25H22N4O3. The second kappa shape index (κ2) is 9.61. The van der Waals surface area contributed by atoms with Crippen molar-refractivity contribution in [2.75, 3.05) is 12.0 Å². The van der Waals surface area contributed by atoms with Crippen molar-refractivity contribution in [3.8, 4) is 16.9 Å². The van der Waals surface area contributed by atoms with Gasteiger partial charge < -0.3 is 4.74 Å². The average molecular weight is 426 g/mol. The van der Waals surface area contributed by atoms with E-state index in [9.17, 15) is 9.59 Å². The van der Waals surface area contributed by atoms with Gasteiger partial charge in [0, 0.05) is 5.56 Å². The van der Waals surface area contributed by atoms with E-state index in [1.54, 1.807) is 11.6 Å². The lowest BCUT2D eigenvalue weighted by Gasteiger charge is -2.10. The molecule has 7 heteroatoms. The molecule has 160 valence electrons. The van der Waals surface area contributed by atoms with Crippen LogP contribution in [0.1, 0.15) is 27.8 Å². The van der Waals surface area contributed by atoms with Crippen LogP contribution in [0.5, 0.6) is 0 Å². The molecule has 0 saturated heterocycles. The summed E-state index contributed by atoms with van der Waals surface area (Å²) < 4.78 is 6.90. The van der Waals surface area contributed by atoms with Gasteiger partial charge >= 0.3 is 5.97 Å². The standard InChI is InChI=1S/C25H22N4O3/c1-2-32-25(31)21-22(24(30)27-26-19-14-8-4-9-15-19)28-29(20-16-10-5-11-17-20)23(21)18-12-6-3-7-13-18/h3-17,26H,2H2,1H3,(H,27,30). The van der Waals surface area contributed by atoms with E-state index in [1.807, 2.05) is 91.0 Å². The maximum Gasteiger partial charge on any atom is 0.342 e. The molecule has 0 unspecified atom stereocenters. The zero-order chi connectivity index (χ0) is 22.3. The molecule has 4 aromatic rings. The Morgan fingerprint density at radius 1 is 0.875 bits per heavy atom. The predicted molar refractivity (Wildman–Crippen MR) is 122 cm³/mol. The van der Waals surface area contributed by atoms with Crippen molar-refractivity contribution in [1.82, 2.24) is 15.2 Å². The van der Waals surface area contributed by atoms with Gasteiger partial charge in [-0.3, -0.25) is 15.6 Å². The topological polar surface area (TPSA) is 85.2 Å². The molecule has 0 aliphatic rings. The molecule has 0 atom stereocenters. The van der Waals surface area contributed by atoms with E-state index in [1.165, 1.54) is 0 Å². The second-order valence-corrected chi connectivity index (χ2v) is 6.85. The average Bonchev–Trinajstić information content (AvgIpc) is 3.25. The normalized spacial score (nSPS) is 10.4. The molecule has 0 aliphatic heterocycles. The van der Waals surface area contributed by atoms with Crippen molar-refractivity contribution < 1.29 is 14.3 Å². The molecule has 3 aromatic carbocycles. The minimum atomic E-state index is -0.613. The third-order valence-electron chi connectivity index (χ3n) is 4.72. The fraction of sp³-hybridized carbons (Fsp3) is 0.0800. The summed E-state index contributed by atoms with van der Waals surface area (Å²) in [6, 6.07) is 27.9. The minimum Gasteiger partial charge on any atom is -0.462 e. The Morgan fingerprint density at radius 3 is 2.09 bits per heavy atom. The first-order chi connectivity index (χ1) is 15.7. The Kier molecular flexibility index (Phi) is 6.27. The van der Waals surface area contributed by atoms with Gasteiger partial charge in [-0.25, -0.2) is 9.48 Å². The van der Waals surface area contributed by atoms with Crippen LogP contribution in [0, 0.1) is 0 Å². The Labute approximate surface area is 185 Å². The van der Waals surface area contributed by atoms with Crippen LogP contribution in [0.15, 0.2) is 91.0 Å². The van der Waals surface area contributed by atoms with E-state index in [-0.39, 0.29) is 17.9 Å². The fourth-order valence-corrected chi connectivity index (χ4v) is 3.30. The number of hydrogen-bond acceptors (Lipinski definition) is 5. The lowest BCUT2D eigenvalue weighted by molar-refractivity contribution is 0.0523. The van der Waals surface area contributed by atoms with Gasteiger partial charge in [0.1, 0.15) is 5.56 Å². The van der Waals surface area contributed by atoms with Gasteiger partial charge in [0.25, 0.3) is 5.91 Å². The third-order valence-corrected chi connectivity index (χ3v) is 4.72. The van der Waals surface area contributed by atoms with Gasteiger partial charge in [0.05, 0.1) is 23.7 Å². The molecule has 1 aromatic heterocycles. The van der Waals surface area contributed by atoms with Crippen LogP contribution >= 0.6 is 0 Å². The molecule has 0 spiro atoms. The number of para-hydroxylation sites is 2. The van der Waals surface area contributed by atoms with Gasteiger partial charge in [-0.2, -0.15) is 5.10 Å². The zero-order valence-electron chi connectivity index (χ0n) is 17.5. The molecule has 7 nitrogen and oxygen atoms in total. The van der Waals surface area contributed by atoms with Gasteiger partial charge in [-0.05, 0) is 31.2 Å². The van der Waals surface area contributed by atoms with Gasteiger partial charge in [-0.1, -0.05) is 66.7 Å². The summed E-state index contributed by atoms with van der Waals surface area (Å²) in [6.07, 6.45) is 0. The minimum absolute atomic E-state index is 0.0328. The number of esters is 1. The molecule has 2 N–H and O–H groups in total. The number of nitrogens with zero attached hydrogens (tertiary/aromatic N) is 2. The van der Waals surface area contributed by atoms with E-state index in [4.69, 9.17) is 4.74 Å². The summed E-state index contributed by atoms with van der Waals surface area (Å²) >= 11 is 0. The molecule has 0 saturated carbocycles. The summed E-state index contributed by atoms with van der Waals surface area (Å²) in [6.45, 7) is 1.89. The maximum atomic E-state index is 13.1. The zero-order valence-corrected chi connectivity index (χ0v) is 17.5. The number of hydrogen-bond donors (Lipinski definition) is 2. The van der Waals surface area contributed by atoms with E-state index >= 15 is 0 Å². The highest BCUT2D eigenvalue weighted by atomic mass is 16.5. The number of amides is 1. The van der Waals surface area contributed by atoms with Crippen LogP contribution in [0.3, 0.4) is 0 Å². The lowest BCUT2D eigenvalue weighted by atomic mass is 10.0. The first-order valence-corrected chi connectivity index (χ1v) is 10.2. The van der Waals surface area contributed by atoms with E-state index < -0.39 is 11.9 Å². The van der Waals surface area contributed by atoms with Gasteiger partial charge in [0.15, 0.2) is 5.69 Å². The summed E-state index contributed by atoms with van der Waals surface area (Å²) in [7, 11) is 0. The van der Waals surface area contributed by atoms with E-state index in [2.05, 4.69) is 16.0 Å². The SMILES string of the molecule is CCOC(=O)c1c(C(=O)NNc2ccccc2)nn(-c2ccccc2)c1-c1ccccc1. The monoisotopic (exact) mass is 426 g/mol. The number of hydrazine groups is 1. The van der Waals surface area contributed by atoms with Crippen molar-refractivity contribution in [2.24, 2.45) is 0 Å². The largest absolute Gasteiger partial charge is 0.462 e. The number of carbonyl (C=O) groups is 2. The lowest BCUT2D eigenvalue weighted by Crippen LogP contribution is -2.31. The predicted octanol–water partition coefficient (Wildman–Crippen LogP) is 4.47. The fourth-order valence-electron chi connectivity index (χ4n) is 3.30. The molecular weight excluding hydrogens is 404 g/mol. The summed E-state index contributed by atoms with van der Waals surface area (Å²) in [5.74, 6) is -1.16. The number of benzene rings is 3. The Morgan fingerprint density at radius 2 is 1.47 bits per heavy atom. The number of anilines is 1. The number of ether oxygens (including phenoxy) is 1. The molecule has 0 radical (unpaired) electrons. The van der Waals surface area contributed by atoms with Crippen LogP contribution in [-0.2, 0) is 4.74 Å². The third kappa shape index (κ3) is 4.37. The Bertz CT molecular complexity index is 1210. The van der Waals surface area contributed by atoms with Crippen molar-refractivity contribution in [3.05, 3.63) is 102 Å². The van der Waals surface area contributed by atoms with Crippen LogP contribution in [0.4, 0.5) is 5.69 Å². The highest BCUT2D eigenvalue weighted by molar-refractivity contribution is 6.08. The number of rotatable bonds is 7. The van der Waals surface area contributed by atoms with E-state index in [0.717, 1.165) is 5.56 Å². The summed E-state index contributed by atoms with van der Waals surface area (Å²) in [5, 5.41) is 4.54. The number of nitrogens with one attached hydrogen (secondary N) is 2. The highest BCUT2D eigenvalue weighted by Gasteiger charge is 2.30. The van der Waals surface area contributed by atoms with Gasteiger partial charge in [-0.15, -0.1) is 0 Å². The van der Waals surface area contributed by atoms with E-state index in [0.29, 0.717) is 17.1 Å². The van der Waals surface area contributed by atoms with Crippen molar-refractivity contribution in [2.45, 2.75) is 6.92 Å². The van der Waals surface area contributed by atoms with Crippen molar-refractivity contribution in [1.29, 1.82) is 0 Å². The first kappa shape index (κ1) is 20.9. The molecule has 0 bridgehead atoms. The number of aromatic nitrogens is 2. The summed E-state index contributed by atoms with van der Waals surface area (Å²) in [5.41, 5.74) is 8.18. The van der Waals surface area contributed by atoms with Crippen molar-refractivity contribution in [3.63, 3.8) is 0 Å². The molecule has 0 aliphatic carbocycles.